The maximum Gasteiger partial charge on any atom is 0.245 e. The van der Waals surface area contributed by atoms with Crippen LogP contribution in [0.4, 0.5) is 5.82 Å². The number of amides is 2. The molecule has 1 aromatic heterocycles. The summed E-state index contributed by atoms with van der Waals surface area (Å²) in [6.45, 7) is -0.0520. The van der Waals surface area contributed by atoms with E-state index in [9.17, 15) is 9.59 Å². The Morgan fingerprint density at radius 3 is 2.81 bits per heavy atom. The molecule has 0 spiro atoms. The van der Waals surface area contributed by atoms with E-state index in [1.54, 1.807) is 37.1 Å². The van der Waals surface area contributed by atoms with Gasteiger partial charge in [0.15, 0.2) is 0 Å². The van der Waals surface area contributed by atoms with Crippen molar-refractivity contribution in [3.8, 4) is 0 Å². The first-order valence-electron chi connectivity index (χ1n) is 6.35. The zero-order valence-corrected chi connectivity index (χ0v) is 14.4. The SMILES string of the molecule is CSCC[C@H](N)C(=O)N(C)CC(=O)Nc1ccc(Br)cn1. The first kappa shape index (κ1) is 17.9. The standard InChI is InChI=1S/C13H19BrN4O2S/c1-18(13(20)10(15)5-6-21-2)8-12(19)17-11-4-3-9(14)7-16-11/h3-4,7,10H,5-6,8,15H2,1-2H3,(H,16,17,19)/t10-/m0/s1. The van der Waals surface area contributed by atoms with Gasteiger partial charge in [0.05, 0.1) is 12.6 Å². The van der Waals surface area contributed by atoms with Crippen LogP contribution in [0, 0.1) is 0 Å². The van der Waals surface area contributed by atoms with Crippen LogP contribution in [0.15, 0.2) is 22.8 Å². The van der Waals surface area contributed by atoms with Crippen LogP contribution in [0.5, 0.6) is 0 Å². The van der Waals surface area contributed by atoms with Gasteiger partial charge in [-0.2, -0.15) is 11.8 Å². The van der Waals surface area contributed by atoms with Gasteiger partial charge in [0.1, 0.15) is 5.82 Å². The van der Waals surface area contributed by atoms with Crippen molar-refractivity contribution in [2.75, 3.05) is 30.9 Å². The van der Waals surface area contributed by atoms with Gasteiger partial charge in [-0.3, -0.25) is 9.59 Å². The van der Waals surface area contributed by atoms with Crippen LogP contribution >= 0.6 is 27.7 Å². The Morgan fingerprint density at radius 2 is 2.24 bits per heavy atom. The Labute approximate surface area is 137 Å². The van der Waals surface area contributed by atoms with E-state index in [-0.39, 0.29) is 18.4 Å². The topological polar surface area (TPSA) is 88.3 Å². The van der Waals surface area contributed by atoms with Crippen LogP contribution < -0.4 is 11.1 Å². The lowest BCUT2D eigenvalue weighted by atomic mass is 10.2. The molecule has 0 aliphatic rings. The zero-order valence-electron chi connectivity index (χ0n) is 12.0. The molecule has 2 amide bonds. The number of nitrogens with zero attached hydrogens (tertiary/aromatic N) is 2. The number of rotatable bonds is 7. The number of halogens is 1. The van der Waals surface area contributed by atoms with Crippen molar-refractivity contribution in [2.45, 2.75) is 12.5 Å². The van der Waals surface area contributed by atoms with Gasteiger partial charge >= 0.3 is 0 Å². The van der Waals surface area contributed by atoms with E-state index in [0.29, 0.717) is 12.2 Å². The summed E-state index contributed by atoms with van der Waals surface area (Å²) in [7, 11) is 1.57. The lowest BCUT2D eigenvalue weighted by Gasteiger charge is -2.20. The molecule has 8 heteroatoms. The predicted octanol–water partition coefficient (Wildman–Crippen LogP) is 1.32. The van der Waals surface area contributed by atoms with Crippen molar-refractivity contribution >= 4 is 45.3 Å². The highest BCUT2D eigenvalue weighted by Gasteiger charge is 2.19. The second kappa shape index (κ2) is 9.01. The number of hydrogen-bond donors (Lipinski definition) is 2. The van der Waals surface area contributed by atoms with Gasteiger partial charge < -0.3 is 16.0 Å². The van der Waals surface area contributed by atoms with Crippen LogP contribution in [-0.4, -0.2) is 53.3 Å². The second-order valence-electron chi connectivity index (χ2n) is 4.49. The van der Waals surface area contributed by atoms with E-state index in [2.05, 4.69) is 26.2 Å². The number of pyridine rings is 1. The van der Waals surface area contributed by atoms with Gasteiger partial charge in [-0.05, 0) is 46.5 Å². The molecule has 0 aliphatic heterocycles. The number of hydrogen-bond acceptors (Lipinski definition) is 5. The van der Waals surface area contributed by atoms with Gasteiger partial charge in [0, 0.05) is 17.7 Å². The number of carbonyl (C=O) groups excluding carboxylic acids is 2. The van der Waals surface area contributed by atoms with Gasteiger partial charge in [-0.1, -0.05) is 0 Å². The molecular formula is C13H19BrN4O2S. The third-order valence-electron chi connectivity index (χ3n) is 2.70. The molecule has 3 N–H and O–H groups in total. The maximum absolute atomic E-state index is 12.0. The molecule has 0 fully saturated rings. The monoisotopic (exact) mass is 374 g/mol. The molecule has 116 valence electrons. The van der Waals surface area contributed by atoms with Crippen molar-refractivity contribution in [1.82, 2.24) is 9.88 Å². The fourth-order valence-electron chi connectivity index (χ4n) is 1.58. The number of aromatic nitrogens is 1. The third kappa shape index (κ3) is 6.45. The summed E-state index contributed by atoms with van der Waals surface area (Å²) < 4.78 is 0.826. The minimum Gasteiger partial charge on any atom is -0.335 e. The maximum atomic E-state index is 12.0. The van der Waals surface area contributed by atoms with E-state index >= 15 is 0 Å². The van der Waals surface area contributed by atoms with E-state index < -0.39 is 6.04 Å². The minimum atomic E-state index is -0.568. The number of carbonyl (C=O) groups is 2. The average molecular weight is 375 g/mol. The molecule has 0 unspecified atom stereocenters. The van der Waals surface area contributed by atoms with E-state index in [0.717, 1.165) is 10.2 Å². The first-order chi connectivity index (χ1) is 9.93. The lowest BCUT2D eigenvalue weighted by Crippen LogP contribution is -2.45. The van der Waals surface area contributed by atoms with Crippen LogP contribution in [0.25, 0.3) is 0 Å². The molecule has 0 saturated heterocycles. The summed E-state index contributed by atoms with van der Waals surface area (Å²) >= 11 is 4.90. The minimum absolute atomic E-state index is 0.0520. The number of thioether (sulfide) groups is 1. The smallest absolute Gasteiger partial charge is 0.245 e. The highest BCUT2D eigenvalue weighted by molar-refractivity contribution is 9.10. The molecule has 1 heterocycles. The van der Waals surface area contributed by atoms with Crippen molar-refractivity contribution in [3.05, 3.63) is 22.8 Å². The largest absolute Gasteiger partial charge is 0.335 e. The van der Waals surface area contributed by atoms with Gasteiger partial charge in [0.2, 0.25) is 11.8 Å². The molecule has 0 bridgehead atoms. The van der Waals surface area contributed by atoms with Crippen LogP contribution in [0.2, 0.25) is 0 Å². The summed E-state index contributed by atoms with van der Waals surface area (Å²) in [6, 6.07) is 2.88. The van der Waals surface area contributed by atoms with Crippen molar-refractivity contribution < 1.29 is 9.59 Å². The van der Waals surface area contributed by atoms with Gasteiger partial charge in [-0.25, -0.2) is 4.98 Å². The third-order valence-corrected chi connectivity index (χ3v) is 3.82. The first-order valence-corrected chi connectivity index (χ1v) is 8.53. The molecule has 1 rings (SSSR count). The second-order valence-corrected chi connectivity index (χ2v) is 6.39. The quantitative estimate of drug-likeness (QED) is 0.751. The summed E-state index contributed by atoms with van der Waals surface area (Å²) in [6.07, 6.45) is 4.14. The Morgan fingerprint density at radius 1 is 1.52 bits per heavy atom. The van der Waals surface area contributed by atoms with Crippen molar-refractivity contribution in [2.24, 2.45) is 5.73 Å². The number of nitrogens with one attached hydrogen (secondary N) is 1. The van der Waals surface area contributed by atoms with Crippen molar-refractivity contribution in [3.63, 3.8) is 0 Å². The number of anilines is 1. The van der Waals surface area contributed by atoms with Gasteiger partial charge in [0.25, 0.3) is 0 Å². The Balaban J connectivity index is 2.46. The normalized spacial score (nSPS) is 11.8. The summed E-state index contributed by atoms with van der Waals surface area (Å²) in [5.74, 6) is 0.715. The fourth-order valence-corrected chi connectivity index (χ4v) is 2.30. The average Bonchev–Trinajstić information content (AvgIpc) is 2.46. The molecule has 6 nitrogen and oxygen atoms in total. The number of likely N-dealkylation sites (N-methyl/N-ethyl adjacent to an activating group) is 1. The van der Waals surface area contributed by atoms with E-state index in [4.69, 9.17) is 5.73 Å². The highest BCUT2D eigenvalue weighted by atomic mass is 79.9. The molecule has 0 aromatic carbocycles. The van der Waals surface area contributed by atoms with E-state index in [1.807, 2.05) is 6.26 Å². The fraction of sp³-hybridized carbons (Fsp3) is 0.462. The molecular weight excluding hydrogens is 356 g/mol. The lowest BCUT2D eigenvalue weighted by molar-refractivity contribution is -0.134. The Bertz CT molecular complexity index is 484. The summed E-state index contributed by atoms with van der Waals surface area (Å²) in [5, 5.41) is 2.63. The highest BCUT2D eigenvalue weighted by Crippen LogP contribution is 2.10. The molecule has 0 saturated carbocycles. The van der Waals surface area contributed by atoms with E-state index in [1.165, 1.54) is 4.90 Å². The van der Waals surface area contributed by atoms with Crippen molar-refractivity contribution in [1.29, 1.82) is 0 Å². The molecule has 1 aromatic rings. The van der Waals surface area contributed by atoms with Crippen LogP contribution in [0.1, 0.15) is 6.42 Å². The van der Waals surface area contributed by atoms with Crippen LogP contribution in [-0.2, 0) is 9.59 Å². The van der Waals surface area contributed by atoms with Gasteiger partial charge in [-0.15, -0.1) is 0 Å². The molecule has 21 heavy (non-hydrogen) atoms. The Hall–Kier alpha value is -1.12. The van der Waals surface area contributed by atoms with Crippen LogP contribution in [0.3, 0.4) is 0 Å². The molecule has 0 radical (unpaired) electrons. The zero-order chi connectivity index (χ0) is 15.8. The molecule has 0 aliphatic carbocycles. The summed E-state index contributed by atoms with van der Waals surface area (Å²) in [4.78, 5) is 29.2. The molecule has 1 atom stereocenters. The number of nitrogens with two attached hydrogens (primary N) is 1. The Kier molecular flexibility index (Phi) is 7.69. The predicted molar refractivity (Wildman–Crippen MR) is 89.2 cm³/mol. The summed E-state index contributed by atoms with van der Waals surface area (Å²) in [5.41, 5.74) is 5.80.